The zero-order valence-corrected chi connectivity index (χ0v) is 11.4. The lowest BCUT2D eigenvalue weighted by Gasteiger charge is -2.22. The second-order valence-electron chi connectivity index (χ2n) is 4.43. The fraction of sp³-hybridized carbons (Fsp3) is 0.545. The molecule has 0 atom stereocenters. The van der Waals surface area contributed by atoms with Gasteiger partial charge in [0, 0.05) is 26.1 Å². The van der Waals surface area contributed by atoms with Gasteiger partial charge in [-0.25, -0.2) is 18.4 Å². The highest BCUT2D eigenvalue weighted by atomic mass is 32.2. The Balaban J connectivity index is 2.12. The third-order valence-corrected chi connectivity index (χ3v) is 3.84. The molecule has 0 radical (unpaired) electrons. The number of sulfonamides is 1. The largest absolute Gasteiger partial charge is 0.458 e. The molecule has 7 nitrogen and oxygen atoms in total. The number of nitrogens with two attached hydrogens (primary N) is 1. The Morgan fingerprint density at radius 3 is 2.63 bits per heavy atom. The summed E-state index contributed by atoms with van der Waals surface area (Å²) in [6.45, 7) is 1.13. The summed E-state index contributed by atoms with van der Waals surface area (Å²) < 4.78 is 34.3. The highest BCUT2D eigenvalue weighted by molar-refractivity contribution is 7.89. The van der Waals surface area contributed by atoms with E-state index in [0.29, 0.717) is 26.1 Å². The SMILES string of the molecule is Cn1cc(S(N)(=O)=O)cc1C(=O)OC1CCOCC1. The molecule has 0 aliphatic carbocycles. The summed E-state index contributed by atoms with van der Waals surface area (Å²) >= 11 is 0. The highest BCUT2D eigenvalue weighted by Crippen LogP contribution is 2.16. The normalized spacial score (nSPS) is 17.4. The first-order chi connectivity index (χ1) is 8.88. The topological polar surface area (TPSA) is 101 Å². The summed E-state index contributed by atoms with van der Waals surface area (Å²) in [5.74, 6) is -0.552. The van der Waals surface area contributed by atoms with Crippen molar-refractivity contribution >= 4 is 16.0 Å². The number of aromatic nitrogens is 1. The van der Waals surface area contributed by atoms with Crippen molar-refractivity contribution in [3.63, 3.8) is 0 Å². The van der Waals surface area contributed by atoms with Gasteiger partial charge in [-0.05, 0) is 6.07 Å². The Hall–Kier alpha value is -1.38. The molecule has 0 aromatic carbocycles. The third-order valence-electron chi connectivity index (χ3n) is 2.96. The van der Waals surface area contributed by atoms with Crippen molar-refractivity contribution in [3.05, 3.63) is 18.0 Å². The number of carbonyl (C=O) groups is 1. The molecule has 19 heavy (non-hydrogen) atoms. The van der Waals surface area contributed by atoms with Crippen LogP contribution in [0.5, 0.6) is 0 Å². The van der Waals surface area contributed by atoms with E-state index in [1.807, 2.05) is 0 Å². The molecule has 0 saturated carbocycles. The maximum Gasteiger partial charge on any atom is 0.355 e. The van der Waals surface area contributed by atoms with Crippen LogP contribution in [0.15, 0.2) is 17.2 Å². The molecule has 106 valence electrons. The predicted octanol–water partition coefficient (Wildman–Crippen LogP) is 0.00830. The zero-order valence-electron chi connectivity index (χ0n) is 10.5. The number of esters is 1. The quantitative estimate of drug-likeness (QED) is 0.789. The minimum absolute atomic E-state index is 0.103. The minimum atomic E-state index is -3.82. The molecule has 2 rings (SSSR count). The Labute approximate surface area is 111 Å². The third kappa shape index (κ3) is 3.34. The van der Waals surface area contributed by atoms with Crippen LogP contribution in [0.3, 0.4) is 0 Å². The van der Waals surface area contributed by atoms with Crippen molar-refractivity contribution in [2.75, 3.05) is 13.2 Å². The van der Waals surface area contributed by atoms with Crippen LogP contribution in [0.2, 0.25) is 0 Å². The lowest BCUT2D eigenvalue weighted by Crippen LogP contribution is -2.26. The van der Waals surface area contributed by atoms with Crippen molar-refractivity contribution in [2.24, 2.45) is 12.2 Å². The molecule has 1 fully saturated rings. The molecule has 1 aliphatic heterocycles. The average Bonchev–Trinajstić information content (AvgIpc) is 2.72. The van der Waals surface area contributed by atoms with E-state index >= 15 is 0 Å². The van der Waals surface area contributed by atoms with Crippen molar-refractivity contribution in [1.82, 2.24) is 4.57 Å². The number of aryl methyl sites for hydroxylation is 1. The van der Waals surface area contributed by atoms with E-state index < -0.39 is 16.0 Å². The lowest BCUT2D eigenvalue weighted by molar-refractivity contribution is -0.0165. The highest BCUT2D eigenvalue weighted by Gasteiger charge is 2.23. The zero-order chi connectivity index (χ0) is 14.0. The van der Waals surface area contributed by atoms with Crippen LogP contribution in [-0.2, 0) is 26.5 Å². The fourth-order valence-corrected chi connectivity index (χ4v) is 2.48. The summed E-state index contributed by atoms with van der Waals surface area (Å²) in [5.41, 5.74) is 0.163. The lowest BCUT2D eigenvalue weighted by atomic mass is 10.1. The molecule has 0 amide bonds. The number of hydrogen-bond acceptors (Lipinski definition) is 5. The second-order valence-corrected chi connectivity index (χ2v) is 6.00. The van der Waals surface area contributed by atoms with Crippen LogP contribution in [0.25, 0.3) is 0 Å². The smallest absolute Gasteiger partial charge is 0.355 e. The summed E-state index contributed by atoms with van der Waals surface area (Å²) in [7, 11) is -2.25. The van der Waals surface area contributed by atoms with Gasteiger partial charge in [-0.2, -0.15) is 0 Å². The summed E-state index contributed by atoms with van der Waals surface area (Å²) in [4.78, 5) is 11.9. The second kappa shape index (κ2) is 5.32. The van der Waals surface area contributed by atoms with Crippen molar-refractivity contribution in [2.45, 2.75) is 23.8 Å². The molecule has 1 aromatic rings. The van der Waals surface area contributed by atoms with E-state index in [1.165, 1.54) is 16.8 Å². The van der Waals surface area contributed by atoms with Crippen molar-refractivity contribution in [3.8, 4) is 0 Å². The predicted molar refractivity (Wildman–Crippen MR) is 66.0 cm³/mol. The maximum atomic E-state index is 12.0. The van der Waals surface area contributed by atoms with Gasteiger partial charge < -0.3 is 14.0 Å². The van der Waals surface area contributed by atoms with Gasteiger partial charge in [0.05, 0.1) is 13.2 Å². The number of carbonyl (C=O) groups excluding carboxylic acids is 1. The van der Waals surface area contributed by atoms with Gasteiger partial charge >= 0.3 is 5.97 Å². The standard InChI is InChI=1S/C11H16N2O5S/c1-13-7-9(19(12,15)16)6-10(13)11(14)18-8-2-4-17-5-3-8/h6-8H,2-5H2,1H3,(H2,12,15,16). The van der Waals surface area contributed by atoms with Crippen LogP contribution in [0.1, 0.15) is 23.3 Å². The molecule has 0 spiro atoms. The van der Waals surface area contributed by atoms with E-state index in [4.69, 9.17) is 14.6 Å². The molecule has 0 bridgehead atoms. The van der Waals surface area contributed by atoms with E-state index in [1.54, 1.807) is 7.05 Å². The van der Waals surface area contributed by atoms with E-state index in [0.717, 1.165) is 0 Å². The van der Waals surface area contributed by atoms with Gasteiger partial charge in [0.2, 0.25) is 10.0 Å². The van der Waals surface area contributed by atoms with Crippen LogP contribution in [0.4, 0.5) is 0 Å². The number of nitrogens with zero attached hydrogens (tertiary/aromatic N) is 1. The Morgan fingerprint density at radius 2 is 2.11 bits per heavy atom. The average molecular weight is 288 g/mol. The first-order valence-corrected chi connectivity index (χ1v) is 7.40. The summed E-state index contributed by atoms with van der Waals surface area (Å²) in [6.07, 6.45) is 2.40. The summed E-state index contributed by atoms with van der Waals surface area (Å²) in [5, 5.41) is 5.01. The first-order valence-electron chi connectivity index (χ1n) is 5.86. The van der Waals surface area contributed by atoms with Gasteiger partial charge in [-0.15, -0.1) is 0 Å². The van der Waals surface area contributed by atoms with E-state index in [9.17, 15) is 13.2 Å². The van der Waals surface area contributed by atoms with Gasteiger partial charge in [-0.1, -0.05) is 0 Å². The Morgan fingerprint density at radius 1 is 1.47 bits per heavy atom. The molecule has 0 unspecified atom stereocenters. The Kier molecular flexibility index (Phi) is 3.93. The number of rotatable bonds is 3. The fourth-order valence-electron chi connectivity index (χ4n) is 1.90. The maximum absolute atomic E-state index is 12.0. The molecule has 8 heteroatoms. The van der Waals surface area contributed by atoms with E-state index in [-0.39, 0.29) is 16.7 Å². The molecule has 1 saturated heterocycles. The summed E-state index contributed by atoms with van der Waals surface area (Å²) in [6, 6.07) is 1.22. The molecule has 2 heterocycles. The molecule has 2 N–H and O–H groups in total. The van der Waals surface area contributed by atoms with E-state index in [2.05, 4.69) is 0 Å². The van der Waals surface area contributed by atoms with Crippen molar-refractivity contribution < 1.29 is 22.7 Å². The number of hydrogen-bond donors (Lipinski definition) is 1. The molecule has 1 aromatic heterocycles. The van der Waals surface area contributed by atoms with Gasteiger partial charge in [0.25, 0.3) is 0 Å². The molecular weight excluding hydrogens is 272 g/mol. The minimum Gasteiger partial charge on any atom is -0.458 e. The number of ether oxygens (including phenoxy) is 2. The van der Waals surface area contributed by atoms with Gasteiger partial charge in [-0.3, -0.25) is 0 Å². The molecule has 1 aliphatic rings. The van der Waals surface area contributed by atoms with Crippen LogP contribution < -0.4 is 5.14 Å². The van der Waals surface area contributed by atoms with Gasteiger partial charge in [0.1, 0.15) is 16.7 Å². The number of primary sulfonamides is 1. The van der Waals surface area contributed by atoms with Crippen molar-refractivity contribution in [1.29, 1.82) is 0 Å². The van der Waals surface area contributed by atoms with Gasteiger partial charge in [0.15, 0.2) is 0 Å². The molecular formula is C11H16N2O5S. The monoisotopic (exact) mass is 288 g/mol. The van der Waals surface area contributed by atoms with Crippen LogP contribution >= 0.6 is 0 Å². The van der Waals surface area contributed by atoms with Crippen LogP contribution in [0, 0.1) is 0 Å². The van der Waals surface area contributed by atoms with Crippen LogP contribution in [-0.4, -0.2) is 38.3 Å². The first kappa shape index (κ1) is 14.0. The Bertz CT molecular complexity index is 572.